The van der Waals surface area contributed by atoms with E-state index in [1.165, 1.54) is 6.07 Å². The number of hydrogen-bond donors (Lipinski definition) is 2. The standard InChI is InChI=1S/C19H14N2O4/c20-17-14-9-13-10(3-2-6-15(13)22)8-16(14)25-19(17)18(23)11-4-1-5-12(7-11)21-24/h1,4-5,7-9H,2-3,6,20H2/p+1. The Labute approximate surface area is 142 Å². The highest BCUT2D eigenvalue weighted by molar-refractivity contribution is 6.15. The fraction of sp³-hybridized carbons (Fsp3) is 0.158. The van der Waals surface area contributed by atoms with Crippen LogP contribution >= 0.6 is 0 Å². The Morgan fingerprint density at radius 3 is 2.80 bits per heavy atom. The largest absolute Gasteiger partial charge is 0.450 e. The van der Waals surface area contributed by atoms with Crippen molar-refractivity contribution in [3.05, 3.63) is 63.8 Å². The SMILES string of the molecule is Nc1c(C(=O)c2cccc([NH+]=O)c2)oc2cc3c(cc12)C(=O)CCC3. The summed E-state index contributed by atoms with van der Waals surface area (Å²) in [7, 11) is 0. The Bertz CT molecular complexity index is 1050. The van der Waals surface area contributed by atoms with E-state index in [2.05, 4.69) is 0 Å². The molecule has 124 valence electrons. The summed E-state index contributed by atoms with van der Waals surface area (Å²) in [4.78, 5) is 35.6. The van der Waals surface area contributed by atoms with Gasteiger partial charge in [-0.05, 0) is 30.5 Å². The van der Waals surface area contributed by atoms with E-state index < -0.39 is 5.78 Å². The lowest BCUT2D eigenvalue weighted by molar-refractivity contribution is -0.379. The molecule has 3 aromatic rings. The molecule has 0 fully saturated rings. The van der Waals surface area contributed by atoms with Gasteiger partial charge in [0.2, 0.25) is 5.78 Å². The normalized spacial score (nSPS) is 13.7. The number of nitrogen functional groups attached to an aromatic ring is 1. The number of hydrogen-bond acceptors (Lipinski definition) is 5. The van der Waals surface area contributed by atoms with Crippen LogP contribution in [0.3, 0.4) is 0 Å². The minimum atomic E-state index is -0.407. The molecule has 0 saturated carbocycles. The molecule has 0 saturated heterocycles. The molecular weight excluding hydrogens is 320 g/mol. The molecule has 0 atom stereocenters. The van der Waals surface area contributed by atoms with Crippen molar-refractivity contribution in [1.82, 2.24) is 0 Å². The molecule has 0 unspecified atom stereocenters. The Hall–Kier alpha value is -3.28. The number of furan rings is 1. The maximum Gasteiger partial charge on any atom is 0.254 e. The minimum Gasteiger partial charge on any atom is -0.450 e. The first kappa shape index (κ1) is 15.3. The van der Waals surface area contributed by atoms with Crippen LogP contribution in [-0.4, -0.2) is 11.6 Å². The predicted molar refractivity (Wildman–Crippen MR) is 91.8 cm³/mol. The summed E-state index contributed by atoms with van der Waals surface area (Å²) < 4.78 is 5.71. The molecule has 0 amide bonds. The number of fused-ring (bicyclic) bond motifs is 2. The van der Waals surface area contributed by atoms with Gasteiger partial charge in [0.05, 0.1) is 5.69 Å². The lowest BCUT2D eigenvalue weighted by Gasteiger charge is -2.13. The fourth-order valence-corrected chi connectivity index (χ4v) is 3.27. The number of carbonyl (C=O) groups is 2. The molecule has 6 heteroatoms. The first-order valence-corrected chi connectivity index (χ1v) is 7.99. The summed E-state index contributed by atoms with van der Waals surface area (Å²) in [5.74, 6) is -0.297. The number of nitrogens with two attached hydrogens (primary N) is 1. The van der Waals surface area contributed by atoms with Gasteiger partial charge in [-0.3, -0.25) is 9.59 Å². The minimum absolute atomic E-state index is 0.0212. The first-order chi connectivity index (χ1) is 12.1. The predicted octanol–water partition coefficient (Wildman–Crippen LogP) is 2.24. The third kappa shape index (κ3) is 2.42. The number of rotatable bonds is 3. The summed E-state index contributed by atoms with van der Waals surface area (Å²) >= 11 is 0. The first-order valence-electron chi connectivity index (χ1n) is 7.99. The van der Waals surface area contributed by atoms with E-state index in [1.807, 2.05) is 0 Å². The van der Waals surface area contributed by atoms with Gasteiger partial charge in [-0.25, -0.2) is 0 Å². The van der Waals surface area contributed by atoms with Crippen LogP contribution in [0, 0.1) is 4.91 Å². The second-order valence-electron chi connectivity index (χ2n) is 6.14. The zero-order chi connectivity index (χ0) is 17.6. The quantitative estimate of drug-likeness (QED) is 0.714. The number of anilines is 1. The van der Waals surface area contributed by atoms with Crippen molar-refractivity contribution >= 4 is 33.9 Å². The van der Waals surface area contributed by atoms with Crippen LogP contribution < -0.4 is 10.9 Å². The summed E-state index contributed by atoms with van der Waals surface area (Å²) in [6, 6.07) is 9.71. The molecule has 0 aliphatic heterocycles. The summed E-state index contributed by atoms with van der Waals surface area (Å²) in [6.07, 6.45) is 2.14. The van der Waals surface area contributed by atoms with Gasteiger partial charge < -0.3 is 10.2 Å². The molecule has 4 rings (SSSR count). The molecule has 0 bridgehead atoms. The Morgan fingerprint density at radius 2 is 2.00 bits per heavy atom. The van der Waals surface area contributed by atoms with Crippen LogP contribution in [0.2, 0.25) is 0 Å². The van der Waals surface area contributed by atoms with Crippen LogP contribution in [-0.2, 0) is 6.42 Å². The van der Waals surface area contributed by atoms with Crippen molar-refractivity contribution in [1.29, 1.82) is 0 Å². The summed E-state index contributed by atoms with van der Waals surface area (Å²) in [6.45, 7) is 0. The van der Waals surface area contributed by atoms with Crippen molar-refractivity contribution in [2.24, 2.45) is 0 Å². The van der Waals surface area contributed by atoms with Crippen LogP contribution in [0.1, 0.15) is 44.9 Å². The fourth-order valence-electron chi connectivity index (χ4n) is 3.27. The Balaban J connectivity index is 1.85. The van der Waals surface area contributed by atoms with Crippen molar-refractivity contribution in [3.63, 3.8) is 0 Å². The highest BCUT2D eigenvalue weighted by Crippen LogP contribution is 2.34. The molecule has 6 nitrogen and oxygen atoms in total. The Kier molecular flexibility index (Phi) is 3.46. The zero-order valence-corrected chi connectivity index (χ0v) is 13.3. The lowest BCUT2D eigenvalue weighted by atomic mass is 9.89. The monoisotopic (exact) mass is 335 g/mol. The van der Waals surface area contributed by atoms with Crippen LogP contribution in [0.5, 0.6) is 0 Å². The van der Waals surface area contributed by atoms with Gasteiger partial charge in [-0.15, -0.1) is 0 Å². The topological polar surface area (TPSA) is 104 Å². The average molecular weight is 335 g/mol. The smallest absolute Gasteiger partial charge is 0.254 e. The molecule has 2 aromatic carbocycles. The molecule has 1 aromatic heterocycles. The molecular formula is C19H15N2O4+. The van der Waals surface area contributed by atoms with Gasteiger partial charge in [0.25, 0.3) is 5.69 Å². The van der Waals surface area contributed by atoms with Gasteiger partial charge in [0.1, 0.15) is 5.58 Å². The summed E-state index contributed by atoms with van der Waals surface area (Å²) in [5.41, 5.74) is 8.98. The van der Waals surface area contributed by atoms with Gasteiger partial charge in [0, 0.05) is 45.2 Å². The second kappa shape index (κ2) is 5.66. The van der Waals surface area contributed by atoms with E-state index in [0.717, 1.165) is 18.4 Å². The lowest BCUT2D eigenvalue weighted by Crippen LogP contribution is -2.55. The van der Waals surface area contributed by atoms with Crippen molar-refractivity contribution < 1.29 is 19.2 Å². The number of nitroso groups, excluding NO2 is 1. The molecule has 0 radical (unpaired) electrons. The number of Topliss-reactive ketones (excluding diaryl/α,β-unsaturated/α-hetero) is 1. The van der Waals surface area contributed by atoms with E-state index in [4.69, 9.17) is 10.2 Å². The molecule has 0 spiro atoms. The molecule has 25 heavy (non-hydrogen) atoms. The number of ketones is 2. The van der Waals surface area contributed by atoms with Crippen LogP contribution in [0.15, 0.2) is 40.8 Å². The maximum atomic E-state index is 12.7. The van der Waals surface area contributed by atoms with Gasteiger partial charge in [-0.2, -0.15) is 0 Å². The van der Waals surface area contributed by atoms with E-state index >= 15 is 0 Å². The van der Waals surface area contributed by atoms with Crippen molar-refractivity contribution in [2.75, 3.05) is 5.73 Å². The highest BCUT2D eigenvalue weighted by atomic mass is 16.3. The van der Waals surface area contributed by atoms with E-state index in [0.29, 0.717) is 28.5 Å². The average Bonchev–Trinajstić information content (AvgIpc) is 2.96. The van der Waals surface area contributed by atoms with Crippen molar-refractivity contribution in [2.45, 2.75) is 19.3 Å². The number of aryl methyl sites for hydroxylation is 1. The molecule has 3 N–H and O–H groups in total. The molecule has 1 heterocycles. The zero-order valence-electron chi connectivity index (χ0n) is 13.3. The number of carbonyl (C=O) groups excluding carboxylic acids is 2. The van der Waals surface area contributed by atoms with Gasteiger partial charge in [0.15, 0.2) is 11.5 Å². The Morgan fingerprint density at radius 1 is 1.16 bits per heavy atom. The van der Waals surface area contributed by atoms with Crippen LogP contribution in [0.4, 0.5) is 11.4 Å². The third-order valence-corrected chi connectivity index (χ3v) is 4.55. The number of benzene rings is 2. The van der Waals surface area contributed by atoms with E-state index in [9.17, 15) is 14.5 Å². The van der Waals surface area contributed by atoms with E-state index in [1.54, 1.807) is 35.5 Å². The van der Waals surface area contributed by atoms with E-state index in [-0.39, 0.29) is 22.9 Å². The second-order valence-corrected chi connectivity index (χ2v) is 6.14. The molecule has 1 aliphatic carbocycles. The van der Waals surface area contributed by atoms with Crippen molar-refractivity contribution in [3.8, 4) is 0 Å². The van der Waals surface area contributed by atoms with Crippen LogP contribution in [0.25, 0.3) is 11.0 Å². The molecule has 1 aliphatic rings. The highest BCUT2D eigenvalue weighted by Gasteiger charge is 2.24. The summed E-state index contributed by atoms with van der Waals surface area (Å²) in [5, 5.41) is 2.32. The maximum absolute atomic E-state index is 12.7. The number of nitrogens with one attached hydrogen (secondary N) is 1. The van der Waals surface area contributed by atoms with Gasteiger partial charge in [-0.1, -0.05) is 12.1 Å². The third-order valence-electron chi connectivity index (χ3n) is 4.55. The van der Waals surface area contributed by atoms with Gasteiger partial charge >= 0.3 is 0 Å².